The van der Waals surface area contributed by atoms with E-state index >= 15 is 0 Å². The second-order valence-corrected chi connectivity index (χ2v) is 4.82. The quantitative estimate of drug-likeness (QED) is 0.712. The first kappa shape index (κ1) is 8.49. The average molecular weight is 187 g/mol. The molecule has 74 valence electrons. The molecule has 1 heterocycles. The average Bonchev–Trinajstić information content (AvgIpc) is 2.57. The summed E-state index contributed by atoms with van der Waals surface area (Å²) in [6.07, 6.45) is 5.51. The number of benzene rings is 1. The minimum atomic E-state index is 0.476. The second kappa shape index (κ2) is 3.09. The lowest BCUT2D eigenvalue weighted by atomic mass is 9.71. The van der Waals surface area contributed by atoms with Crippen LogP contribution in [0.4, 0.5) is 0 Å². The molecule has 1 saturated carbocycles. The van der Waals surface area contributed by atoms with Crippen molar-refractivity contribution in [1.29, 1.82) is 0 Å². The molecule has 3 rings (SSSR count). The van der Waals surface area contributed by atoms with Crippen molar-refractivity contribution in [3.05, 3.63) is 35.9 Å². The molecule has 1 heteroatoms. The zero-order valence-corrected chi connectivity index (χ0v) is 8.50. The normalized spacial score (nSPS) is 35.9. The van der Waals surface area contributed by atoms with Crippen LogP contribution in [0.3, 0.4) is 0 Å². The molecule has 2 aliphatic rings. The number of hydrogen-bond donors (Lipinski definition) is 1. The van der Waals surface area contributed by atoms with E-state index in [2.05, 4.69) is 35.6 Å². The maximum absolute atomic E-state index is 3.66. The van der Waals surface area contributed by atoms with Gasteiger partial charge in [0.15, 0.2) is 0 Å². The van der Waals surface area contributed by atoms with Gasteiger partial charge in [0.25, 0.3) is 0 Å². The molecule has 14 heavy (non-hydrogen) atoms. The van der Waals surface area contributed by atoms with Crippen LogP contribution in [0.25, 0.3) is 0 Å². The van der Waals surface area contributed by atoms with Gasteiger partial charge in [-0.15, -0.1) is 0 Å². The van der Waals surface area contributed by atoms with Crippen LogP contribution in [0.5, 0.6) is 0 Å². The fourth-order valence-corrected chi connectivity index (χ4v) is 3.19. The van der Waals surface area contributed by atoms with Crippen molar-refractivity contribution in [1.82, 2.24) is 5.32 Å². The predicted octanol–water partition coefficient (Wildman–Crippen LogP) is 2.47. The number of hydrogen-bond acceptors (Lipinski definition) is 1. The minimum absolute atomic E-state index is 0.476. The third kappa shape index (κ3) is 1.19. The molecule has 2 atom stereocenters. The largest absolute Gasteiger partial charge is 0.313 e. The summed E-state index contributed by atoms with van der Waals surface area (Å²) in [4.78, 5) is 0. The topological polar surface area (TPSA) is 12.0 Å². The summed E-state index contributed by atoms with van der Waals surface area (Å²) in [6.45, 7) is 1.20. The van der Waals surface area contributed by atoms with Gasteiger partial charge in [-0.25, -0.2) is 0 Å². The van der Waals surface area contributed by atoms with E-state index in [4.69, 9.17) is 0 Å². The lowest BCUT2D eigenvalue weighted by Gasteiger charge is -2.32. The van der Waals surface area contributed by atoms with Crippen LogP contribution in [-0.2, 0) is 5.41 Å². The van der Waals surface area contributed by atoms with Crippen molar-refractivity contribution in [2.24, 2.45) is 0 Å². The molecule has 0 aromatic heterocycles. The molecule has 1 nitrogen and oxygen atoms in total. The van der Waals surface area contributed by atoms with Crippen LogP contribution in [-0.4, -0.2) is 12.6 Å². The van der Waals surface area contributed by atoms with Crippen molar-refractivity contribution < 1.29 is 0 Å². The summed E-state index contributed by atoms with van der Waals surface area (Å²) >= 11 is 0. The standard InChI is InChI=1S/C13H17N/c1-2-5-11(6-3-1)13-8-4-7-12(9-13)14-10-13/h1-3,5-6,12,14H,4,7-10H2. The van der Waals surface area contributed by atoms with Gasteiger partial charge in [-0.05, 0) is 24.8 Å². The molecule has 1 N–H and O–H groups in total. The Bertz CT molecular complexity index is 315. The van der Waals surface area contributed by atoms with Gasteiger partial charge in [0.05, 0.1) is 0 Å². The van der Waals surface area contributed by atoms with Crippen molar-refractivity contribution in [2.75, 3.05) is 6.54 Å². The fraction of sp³-hybridized carbons (Fsp3) is 0.538. The molecule has 1 aromatic carbocycles. The molecule has 0 amide bonds. The van der Waals surface area contributed by atoms with Gasteiger partial charge < -0.3 is 5.32 Å². The minimum Gasteiger partial charge on any atom is -0.313 e. The Kier molecular flexibility index (Phi) is 1.88. The highest BCUT2D eigenvalue weighted by Crippen LogP contribution is 2.42. The van der Waals surface area contributed by atoms with Crippen molar-refractivity contribution in [3.8, 4) is 0 Å². The molecule has 0 spiro atoms. The summed E-state index contributed by atoms with van der Waals surface area (Å²) < 4.78 is 0. The smallest absolute Gasteiger partial charge is 0.00926 e. The van der Waals surface area contributed by atoms with Gasteiger partial charge >= 0.3 is 0 Å². The fourth-order valence-electron chi connectivity index (χ4n) is 3.19. The molecule has 0 radical (unpaired) electrons. The SMILES string of the molecule is c1ccc(C23CCCC(C2)NC3)cc1. The number of rotatable bonds is 1. The van der Waals surface area contributed by atoms with Gasteiger partial charge in [-0.1, -0.05) is 36.8 Å². The highest BCUT2D eigenvalue weighted by molar-refractivity contribution is 5.29. The van der Waals surface area contributed by atoms with Crippen molar-refractivity contribution in [2.45, 2.75) is 37.1 Å². The van der Waals surface area contributed by atoms with E-state index in [9.17, 15) is 0 Å². The lowest BCUT2D eigenvalue weighted by molar-refractivity contribution is 0.350. The van der Waals surface area contributed by atoms with Gasteiger partial charge in [0.1, 0.15) is 0 Å². The summed E-state index contributed by atoms with van der Waals surface area (Å²) in [5, 5.41) is 3.66. The van der Waals surface area contributed by atoms with Crippen LogP contribution in [0.2, 0.25) is 0 Å². The zero-order valence-electron chi connectivity index (χ0n) is 8.50. The Morgan fingerprint density at radius 3 is 2.93 bits per heavy atom. The maximum atomic E-state index is 3.66. The lowest BCUT2D eigenvalue weighted by Crippen LogP contribution is -2.29. The first-order valence-electron chi connectivity index (χ1n) is 5.68. The molecule has 1 aromatic rings. The van der Waals surface area contributed by atoms with E-state index in [1.165, 1.54) is 32.2 Å². The molecule has 1 aliphatic carbocycles. The molecule has 1 aliphatic heterocycles. The Hall–Kier alpha value is -0.820. The van der Waals surface area contributed by atoms with Crippen LogP contribution in [0.1, 0.15) is 31.2 Å². The summed E-state index contributed by atoms with van der Waals surface area (Å²) in [5.74, 6) is 0. The highest BCUT2D eigenvalue weighted by atomic mass is 15.0. The van der Waals surface area contributed by atoms with Gasteiger partial charge in [0, 0.05) is 18.0 Å². The number of nitrogens with one attached hydrogen (secondary N) is 1. The van der Waals surface area contributed by atoms with E-state index < -0.39 is 0 Å². The van der Waals surface area contributed by atoms with Gasteiger partial charge in [0.2, 0.25) is 0 Å². The Balaban J connectivity index is 1.97. The van der Waals surface area contributed by atoms with Crippen LogP contribution in [0.15, 0.2) is 30.3 Å². The second-order valence-electron chi connectivity index (χ2n) is 4.82. The highest BCUT2D eigenvalue weighted by Gasteiger charge is 2.42. The van der Waals surface area contributed by atoms with Gasteiger partial charge in [-0.3, -0.25) is 0 Å². The Labute approximate surface area is 85.5 Å². The number of fused-ring (bicyclic) bond motifs is 2. The summed E-state index contributed by atoms with van der Waals surface area (Å²) in [6, 6.07) is 11.9. The molecule has 1 saturated heterocycles. The molecule has 2 unspecified atom stereocenters. The molecular formula is C13H17N. The van der Waals surface area contributed by atoms with E-state index in [1.54, 1.807) is 5.56 Å². The van der Waals surface area contributed by atoms with Crippen molar-refractivity contribution in [3.63, 3.8) is 0 Å². The first-order valence-corrected chi connectivity index (χ1v) is 5.68. The summed E-state index contributed by atoms with van der Waals surface area (Å²) in [7, 11) is 0. The third-order valence-corrected chi connectivity index (χ3v) is 3.96. The van der Waals surface area contributed by atoms with E-state index in [1.807, 2.05) is 0 Å². The Morgan fingerprint density at radius 1 is 1.21 bits per heavy atom. The van der Waals surface area contributed by atoms with E-state index in [-0.39, 0.29) is 0 Å². The van der Waals surface area contributed by atoms with Crippen LogP contribution < -0.4 is 5.32 Å². The monoisotopic (exact) mass is 187 g/mol. The van der Waals surface area contributed by atoms with Crippen LogP contribution in [0, 0.1) is 0 Å². The molecule has 2 fully saturated rings. The molecular weight excluding hydrogens is 170 g/mol. The maximum Gasteiger partial charge on any atom is 0.00926 e. The predicted molar refractivity (Wildman–Crippen MR) is 58.4 cm³/mol. The zero-order chi connectivity index (χ0) is 9.43. The molecule has 2 bridgehead atoms. The third-order valence-electron chi connectivity index (χ3n) is 3.96. The Morgan fingerprint density at radius 2 is 2.07 bits per heavy atom. The van der Waals surface area contributed by atoms with Crippen LogP contribution >= 0.6 is 0 Å². The summed E-state index contributed by atoms with van der Waals surface area (Å²) in [5.41, 5.74) is 2.03. The van der Waals surface area contributed by atoms with Crippen molar-refractivity contribution >= 4 is 0 Å². The first-order chi connectivity index (χ1) is 6.89. The van der Waals surface area contributed by atoms with E-state index in [0.29, 0.717) is 5.41 Å². The van der Waals surface area contributed by atoms with E-state index in [0.717, 1.165) is 6.04 Å². The van der Waals surface area contributed by atoms with Gasteiger partial charge in [-0.2, -0.15) is 0 Å².